The van der Waals surface area contributed by atoms with Gasteiger partial charge in [-0.3, -0.25) is 4.79 Å². The van der Waals surface area contributed by atoms with E-state index in [0.29, 0.717) is 26.3 Å². The Balaban J connectivity index is 1.29. The van der Waals surface area contributed by atoms with Crippen LogP contribution in [0.15, 0.2) is 47.4 Å². The molecule has 1 heterocycles. The van der Waals surface area contributed by atoms with Gasteiger partial charge in [0.15, 0.2) is 6.61 Å². The summed E-state index contributed by atoms with van der Waals surface area (Å²) in [7, 11) is -3.64. The molecule has 9 heteroatoms. The maximum Gasteiger partial charge on any atom is 0.338 e. The number of rotatable bonds is 7. The number of carbonyl (C=O) groups excluding carboxylic acids is 2. The highest BCUT2D eigenvalue weighted by Crippen LogP contribution is 2.25. The van der Waals surface area contributed by atoms with Gasteiger partial charge in [-0.25, -0.2) is 13.2 Å². The van der Waals surface area contributed by atoms with E-state index in [1.165, 1.54) is 52.5 Å². The monoisotopic (exact) mass is 486 g/mol. The molecule has 1 atom stereocenters. The second kappa shape index (κ2) is 10.7. The van der Waals surface area contributed by atoms with Crippen molar-refractivity contribution in [3.05, 3.63) is 64.7 Å². The molecule has 182 valence electrons. The summed E-state index contributed by atoms with van der Waals surface area (Å²) in [6.45, 7) is 2.80. The van der Waals surface area contributed by atoms with Gasteiger partial charge in [0.2, 0.25) is 10.0 Å². The van der Waals surface area contributed by atoms with Gasteiger partial charge in [-0.15, -0.1) is 0 Å². The van der Waals surface area contributed by atoms with Gasteiger partial charge < -0.3 is 14.8 Å². The largest absolute Gasteiger partial charge is 0.452 e. The molecule has 1 saturated heterocycles. The number of carbonyl (C=O) groups is 2. The van der Waals surface area contributed by atoms with Crippen LogP contribution in [0, 0.1) is 0 Å². The summed E-state index contributed by atoms with van der Waals surface area (Å²) in [5.74, 6) is -1.09. The Morgan fingerprint density at radius 1 is 1.03 bits per heavy atom. The summed E-state index contributed by atoms with van der Waals surface area (Å²) >= 11 is 0. The Labute approximate surface area is 200 Å². The summed E-state index contributed by atoms with van der Waals surface area (Å²) in [6, 6.07) is 11.6. The lowest BCUT2D eigenvalue weighted by Crippen LogP contribution is -2.40. The van der Waals surface area contributed by atoms with Gasteiger partial charge in [0.05, 0.1) is 29.7 Å². The summed E-state index contributed by atoms with van der Waals surface area (Å²) in [5.41, 5.74) is 3.93. The molecule has 1 unspecified atom stereocenters. The average molecular weight is 487 g/mol. The number of amides is 1. The molecule has 1 aliphatic carbocycles. The predicted octanol–water partition coefficient (Wildman–Crippen LogP) is 2.62. The highest BCUT2D eigenvalue weighted by Gasteiger charge is 2.26. The summed E-state index contributed by atoms with van der Waals surface area (Å²) in [5, 5.41) is 2.86. The minimum Gasteiger partial charge on any atom is -0.452 e. The first-order valence-electron chi connectivity index (χ1n) is 11.6. The van der Waals surface area contributed by atoms with Crippen molar-refractivity contribution >= 4 is 21.9 Å². The number of aryl methyl sites for hydroxylation is 2. The molecule has 1 amide bonds. The SMILES string of the molecule is CC(NC(=O)COC(=O)c1ccc(S(=O)(=O)N2CCOCC2)cc1)c1ccc2c(c1)CCCC2. The Kier molecular flexibility index (Phi) is 7.65. The number of morpholine rings is 1. The fourth-order valence-corrected chi connectivity index (χ4v) is 5.71. The Morgan fingerprint density at radius 3 is 2.41 bits per heavy atom. The average Bonchev–Trinajstić information content (AvgIpc) is 2.87. The lowest BCUT2D eigenvalue weighted by atomic mass is 9.89. The molecular weight excluding hydrogens is 456 g/mol. The molecule has 1 fully saturated rings. The van der Waals surface area contributed by atoms with Gasteiger partial charge >= 0.3 is 5.97 Å². The second-order valence-electron chi connectivity index (χ2n) is 8.64. The van der Waals surface area contributed by atoms with Crippen LogP contribution in [-0.4, -0.2) is 57.5 Å². The first-order valence-corrected chi connectivity index (χ1v) is 13.0. The van der Waals surface area contributed by atoms with Crippen LogP contribution in [0.4, 0.5) is 0 Å². The highest BCUT2D eigenvalue weighted by atomic mass is 32.2. The van der Waals surface area contributed by atoms with Crippen molar-refractivity contribution in [2.75, 3.05) is 32.9 Å². The minimum atomic E-state index is -3.64. The van der Waals surface area contributed by atoms with Crippen molar-refractivity contribution in [2.24, 2.45) is 0 Å². The van der Waals surface area contributed by atoms with Crippen LogP contribution < -0.4 is 5.32 Å². The molecule has 0 bridgehead atoms. The van der Waals surface area contributed by atoms with Crippen LogP contribution in [-0.2, 0) is 37.1 Å². The molecule has 1 N–H and O–H groups in total. The smallest absolute Gasteiger partial charge is 0.338 e. The zero-order valence-electron chi connectivity index (χ0n) is 19.3. The van der Waals surface area contributed by atoms with E-state index in [-0.39, 0.29) is 16.5 Å². The van der Waals surface area contributed by atoms with Crippen molar-refractivity contribution in [1.29, 1.82) is 0 Å². The quantitative estimate of drug-likeness (QED) is 0.604. The van der Waals surface area contributed by atoms with Gasteiger partial charge in [0.25, 0.3) is 5.91 Å². The summed E-state index contributed by atoms with van der Waals surface area (Å²) < 4.78 is 37.1. The second-order valence-corrected chi connectivity index (χ2v) is 10.6. The molecular formula is C25H30N2O6S. The normalized spacial score (nSPS) is 17.4. The zero-order chi connectivity index (χ0) is 24.1. The van der Waals surface area contributed by atoms with Crippen molar-refractivity contribution in [3.63, 3.8) is 0 Å². The number of hydrogen-bond donors (Lipinski definition) is 1. The van der Waals surface area contributed by atoms with E-state index >= 15 is 0 Å². The van der Waals surface area contributed by atoms with Gasteiger partial charge in [-0.1, -0.05) is 18.2 Å². The first-order chi connectivity index (χ1) is 16.3. The molecule has 0 aromatic heterocycles. The number of nitrogens with one attached hydrogen (secondary N) is 1. The van der Waals surface area contributed by atoms with E-state index in [9.17, 15) is 18.0 Å². The van der Waals surface area contributed by atoms with E-state index in [1.54, 1.807) is 0 Å². The van der Waals surface area contributed by atoms with Gasteiger partial charge in [-0.05, 0) is 73.6 Å². The van der Waals surface area contributed by atoms with Gasteiger partial charge in [0.1, 0.15) is 0 Å². The van der Waals surface area contributed by atoms with E-state index in [1.807, 2.05) is 13.0 Å². The van der Waals surface area contributed by atoms with Crippen molar-refractivity contribution < 1.29 is 27.5 Å². The number of esters is 1. The molecule has 2 aromatic rings. The van der Waals surface area contributed by atoms with Crippen molar-refractivity contribution in [3.8, 4) is 0 Å². The first kappa shape index (κ1) is 24.4. The van der Waals surface area contributed by atoms with Crippen LogP contribution in [0.3, 0.4) is 0 Å². The predicted molar refractivity (Wildman–Crippen MR) is 126 cm³/mol. The Morgan fingerprint density at radius 2 is 1.71 bits per heavy atom. The molecule has 4 rings (SSSR count). The van der Waals surface area contributed by atoms with E-state index in [0.717, 1.165) is 18.4 Å². The maximum atomic E-state index is 12.7. The fourth-order valence-electron chi connectivity index (χ4n) is 4.30. The molecule has 0 saturated carbocycles. The Hall–Kier alpha value is -2.75. The maximum absolute atomic E-state index is 12.7. The van der Waals surface area contributed by atoms with Crippen LogP contribution in [0.2, 0.25) is 0 Å². The lowest BCUT2D eigenvalue weighted by Gasteiger charge is -2.26. The van der Waals surface area contributed by atoms with Crippen LogP contribution in [0.5, 0.6) is 0 Å². The third-order valence-electron chi connectivity index (χ3n) is 6.28. The number of nitrogens with zero attached hydrogens (tertiary/aromatic N) is 1. The standard InChI is InChI=1S/C25H30N2O6S/c1-18(21-7-6-19-4-2-3-5-22(19)16-21)26-24(28)17-33-25(29)20-8-10-23(11-9-20)34(30,31)27-12-14-32-15-13-27/h6-11,16,18H,2-5,12-15,17H2,1H3,(H,26,28). The fraction of sp³-hybridized carbons (Fsp3) is 0.440. The molecule has 2 aliphatic rings. The molecule has 1 aliphatic heterocycles. The lowest BCUT2D eigenvalue weighted by molar-refractivity contribution is -0.124. The van der Waals surface area contributed by atoms with Gasteiger partial charge in [-0.2, -0.15) is 4.31 Å². The molecule has 2 aromatic carbocycles. The van der Waals surface area contributed by atoms with Crippen LogP contribution in [0.25, 0.3) is 0 Å². The minimum absolute atomic E-state index is 0.0996. The topological polar surface area (TPSA) is 102 Å². The molecule has 34 heavy (non-hydrogen) atoms. The number of sulfonamides is 1. The third kappa shape index (κ3) is 5.65. The number of ether oxygens (including phenoxy) is 2. The zero-order valence-corrected chi connectivity index (χ0v) is 20.1. The van der Waals surface area contributed by atoms with Crippen molar-refractivity contribution in [1.82, 2.24) is 9.62 Å². The van der Waals surface area contributed by atoms with E-state index in [2.05, 4.69) is 17.4 Å². The molecule has 0 radical (unpaired) electrons. The number of hydrogen-bond acceptors (Lipinski definition) is 6. The summed E-state index contributed by atoms with van der Waals surface area (Å²) in [6.07, 6.45) is 4.57. The van der Waals surface area contributed by atoms with Gasteiger partial charge in [0, 0.05) is 13.1 Å². The number of fused-ring (bicyclic) bond motifs is 1. The van der Waals surface area contributed by atoms with Crippen LogP contribution in [0.1, 0.15) is 52.9 Å². The molecule has 8 nitrogen and oxygen atoms in total. The van der Waals surface area contributed by atoms with Crippen molar-refractivity contribution in [2.45, 2.75) is 43.5 Å². The molecule has 0 spiro atoms. The van der Waals surface area contributed by atoms with Crippen LogP contribution >= 0.6 is 0 Å². The van der Waals surface area contributed by atoms with E-state index < -0.39 is 28.5 Å². The highest BCUT2D eigenvalue weighted by molar-refractivity contribution is 7.89. The third-order valence-corrected chi connectivity index (χ3v) is 8.20. The number of benzene rings is 2. The van der Waals surface area contributed by atoms with E-state index in [4.69, 9.17) is 9.47 Å². The summed E-state index contributed by atoms with van der Waals surface area (Å²) in [4.78, 5) is 24.8. The Bertz CT molecular complexity index is 1140.